The van der Waals surface area contributed by atoms with E-state index < -0.39 is 10.0 Å². The summed E-state index contributed by atoms with van der Waals surface area (Å²) in [5, 5.41) is 8.00. The molecule has 1 aliphatic carbocycles. The molecule has 3 saturated heterocycles. The van der Waals surface area contributed by atoms with Crippen molar-refractivity contribution < 1.29 is 8.42 Å². The van der Waals surface area contributed by atoms with E-state index in [0.717, 1.165) is 80.3 Å². The monoisotopic (exact) mass is 485 g/mol. The number of fused-ring (bicyclic) bond motifs is 3. The number of piperidine rings is 1. The van der Waals surface area contributed by atoms with Gasteiger partial charge in [-0.05, 0) is 64.0 Å². The van der Waals surface area contributed by atoms with E-state index in [1.807, 2.05) is 22.5 Å². The van der Waals surface area contributed by atoms with Gasteiger partial charge in [-0.15, -0.1) is 0 Å². The van der Waals surface area contributed by atoms with Crippen LogP contribution in [-0.4, -0.2) is 58.3 Å². The van der Waals surface area contributed by atoms with Crippen LogP contribution in [0.2, 0.25) is 0 Å². The highest BCUT2D eigenvalue weighted by Crippen LogP contribution is 2.42. The normalized spacial score (nSPS) is 32.4. The van der Waals surface area contributed by atoms with Crippen molar-refractivity contribution in [2.24, 2.45) is 0 Å². The third-order valence-electron chi connectivity index (χ3n) is 8.04. The number of hydrogen-bond acceptors (Lipinski definition) is 8. The van der Waals surface area contributed by atoms with Crippen LogP contribution in [0.5, 0.6) is 0 Å². The molecular weight excluding hydrogens is 450 g/mol. The maximum absolute atomic E-state index is 13.4. The maximum Gasteiger partial charge on any atom is 0.217 e. The van der Waals surface area contributed by atoms with Gasteiger partial charge in [0.1, 0.15) is 11.6 Å². The van der Waals surface area contributed by atoms with E-state index in [0.29, 0.717) is 6.04 Å². The van der Waals surface area contributed by atoms with Gasteiger partial charge in [-0.1, -0.05) is 12.8 Å². The zero-order valence-corrected chi connectivity index (χ0v) is 20.5. The molecule has 2 aromatic heterocycles. The number of sulfonamides is 1. The molecule has 5 heterocycles. The van der Waals surface area contributed by atoms with Crippen molar-refractivity contribution in [1.29, 1.82) is 0 Å². The molecule has 34 heavy (non-hydrogen) atoms. The summed E-state index contributed by atoms with van der Waals surface area (Å²) in [5.74, 6) is 1.61. The molecular formula is C24H35N7O2S. The molecule has 5 atom stereocenters. The number of rotatable bonds is 6. The van der Waals surface area contributed by atoms with Crippen molar-refractivity contribution in [2.75, 3.05) is 10.6 Å². The van der Waals surface area contributed by atoms with Crippen LogP contribution in [0.15, 0.2) is 24.4 Å². The van der Waals surface area contributed by atoms with Crippen LogP contribution >= 0.6 is 0 Å². The molecule has 2 aromatic rings. The van der Waals surface area contributed by atoms with Crippen LogP contribution in [0, 0.1) is 0 Å². The highest BCUT2D eigenvalue weighted by atomic mass is 32.2. The van der Waals surface area contributed by atoms with E-state index in [-0.39, 0.29) is 29.5 Å². The van der Waals surface area contributed by atoms with Gasteiger partial charge in [0.25, 0.3) is 0 Å². The Bertz CT molecular complexity index is 1140. The summed E-state index contributed by atoms with van der Waals surface area (Å²) in [4.78, 5) is 9.50. The Morgan fingerprint density at radius 2 is 1.79 bits per heavy atom. The van der Waals surface area contributed by atoms with Crippen molar-refractivity contribution >= 4 is 32.6 Å². The summed E-state index contributed by atoms with van der Waals surface area (Å²) in [5.41, 5.74) is 7.39. The Morgan fingerprint density at radius 1 is 1.03 bits per heavy atom. The van der Waals surface area contributed by atoms with Crippen LogP contribution in [0.4, 0.5) is 11.6 Å². The minimum atomic E-state index is -3.20. The Hall–Kier alpha value is -2.01. The molecule has 9 nitrogen and oxygen atoms in total. The molecule has 4 N–H and O–H groups in total. The first-order chi connectivity index (χ1) is 16.5. The van der Waals surface area contributed by atoms with Crippen molar-refractivity contribution in [2.45, 2.75) is 100 Å². The second kappa shape index (κ2) is 8.89. The molecule has 6 rings (SSSR count). The third kappa shape index (κ3) is 4.14. The molecule has 4 aliphatic rings. The zero-order valence-electron chi connectivity index (χ0n) is 19.7. The fourth-order valence-corrected chi connectivity index (χ4v) is 8.95. The van der Waals surface area contributed by atoms with Gasteiger partial charge in [0.2, 0.25) is 10.0 Å². The summed E-state index contributed by atoms with van der Waals surface area (Å²) in [7, 11) is -3.20. The summed E-state index contributed by atoms with van der Waals surface area (Å²) in [6.45, 7) is 2.14. The number of hydrazine groups is 1. The van der Waals surface area contributed by atoms with Gasteiger partial charge in [-0.25, -0.2) is 18.8 Å². The Labute approximate surface area is 201 Å². The number of anilines is 2. The number of nitrogens with one attached hydrogen (secondary N) is 4. The molecule has 0 aromatic carbocycles. The largest absolute Gasteiger partial charge is 0.367 e. The highest BCUT2D eigenvalue weighted by molar-refractivity contribution is 7.89. The predicted molar refractivity (Wildman–Crippen MR) is 134 cm³/mol. The molecule has 0 radical (unpaired) electrons. The summed E-state index contributed by atoms with van der Waals surface area (Å²) >= 11 is 0. The SMILES string of the molecule is CC1CC(Nc2cc3ncccc3c(NC3C[C@H]4CC[C@@H](C3)N4S(=O)(=O)C3CCCC3)n2)NN1. The first-order valence-electron chi connectivity index (χ1n) is 12.8. The molecule has 4 fully saturated rings. The van der Waals surface area contributed by atoms with E-state index in [1.165, 1.54) is 0 Å². The van der Waals surface area contributed by atoms with Crippen molar-refractivity contribution in [3.63, 3.8) is 0 Å². The maximum atomic E-state index is 13.4. The lowest BCUT2D eigenvalue weighted by atomic mass is 9.99. The molecule has 184 valence electrons. The second-order valence-corrected chi connectivity index (χ2v) is 12.6. The van der Waals surface area contributed by atoms with Crippen LogP contribution in [0.3, 0.4) is 0 Å². The van der Waals surface area contributed by atoms with Crippen LogP contribution < -0.4 is 21.5 Å². The fraction of sp³-hybridized carbons (Fsp3) is 0.667. The average Bonchev–Trinajstić information content (AvgIpc) is 3.55. The quantitative estimate of drug-likeness (QED) is 0.494. The van der Waals surface area contributed by atoms with Crippen LogP contribution in [0.25, 0.3) is 10.9 Å². The van der Waals surface area contributed by atoms with Crippen LogP contribution in [-0.2, 0) is 10.0 Å². The highest BCUT2D eigenvalue weighted by Gasteiger charge is 2.49. The van der Waals surface area contributed by atoms with Crippen molar-refractivity contribution in [3.05, 3.63) is 24.4 Å². The lowest BCUT2D eigenvalue weighted by Gasteiger charge is -2.39. The Balaban J connectivity index is 1.22. The average molecular weight is 486 g/mol. The molecule has 3 aliphatic heterocycles. The van der Waals surface area contributed by atoms with Crippen LogP contribution in [0.1, 0.15) is 64.7 Å². The predicted octanol–water partition coefficient (Wildman–Crippen LogP) is 2.93. The van der Waals surface area contributed by atoms with Gasteiger partial charge in [-0.2, -0.15) is 4.31 Å². The molecule has 3 unspecified atom stereocenters. The first kappa shape index (κ1) is 22.5. The topological polar surface area (TPSA) is 111 Å². The van der Waals surface area contributed by atoms with Crippen molar-refractivity contribution in [3.8, 4) is 0 Å². The van der Waals surface area contributed by atoms with Gasteiger partial charge in [0, 0.05) is 41.8 Å². The molecule has 10 heteroatoms. The second-order valence-electron chi connectivity index (χ2n) is 10.5. The number of nitrogens with zero attached hydrogens (tertiary/aromatic N) is 3. The van der Waals surface area contributed by atoms with Gasteiger partial charge < -0.3 is 10.6 Å². The summed E-state index contributed by atoms with van der Waals surface area (Å²) < 4.78 is 28.7. The van der Waals surface area contributed by atoms with E-state index in [1.54, 1.807) is 6.20 Å². The van der Waals surface area contributed by atoms with Gasteiger partial charge in [-0.3, -0.25) is 10.4 Å². The van der Waals surface area contributed by atoms with E-state index >= 15 is 0 Å². The third-order valence-corrected chi connectivity index (χ3v) is 10.5. The fourth-order valence-electron chi connectivity index (χ4n) is 6.47. The first-order valence-corrected chi connectivity index (χ1v) is 14.3. The lowest BCUT2D eigenvalue weighted by Crippen LogP contribution is -2.52. The number of pyridine rings is 2. The minimum Gasteiger partial charge on any atom is -0.367 e. The molecule has 0 amide bonds. The van der Waals surface area contributed by atoms with Gasteiger partial charge >= 0.3 is 0 Å². The van der Waals surface area contributed by atoms with Crippen molar-refractivity contribution in [1.82, 2.24) is 25.1 Å². The zero-order chi connectivity index (χ0) is 23.3. The Kier molecular flexibility index (Phi) is 5.87. The lowest BCUT2D eigenvalue weighted by molar-refractivity contribution is 0.232. The van der Waals surface area contributed by atoms with Gasteiger partial charge in [0.05, 0.1) is 16.9 Å². The van der Waals surface area contributed by atoms with E-state index in [4.69, 9.17) is 4.98 Å². The molecule has 2 bridgehead atoms. The molecule has 1 saturated carbocycles. The number of hydrogen-bond donors (Lipinski definition) is 4. The standard InChI is InChI=1S/C24H35N7O2S/c1-15-11-23(30-29-15)27-22-14-21-20(7-4-10-25-21)24(28-22)26-16-12-17-8-9-18(13-16)31(17)34(32,33)19-5-2-3-6-19/h4,7,10,14-19,23,29-30H,2-3,5-6,8-9,11-13H2,1H3,(H2,26,27,28)/t15?,16?,17-,18+,23?. The summed E-state index contributed by atoms with van der Waals surface area (Å²) in [6.07, 6.45) is 10.2. The smallest absolute Gasteiger partial charge is 0.217 e. The Morgan fingerprint density at radius 3 is 2.50 bits per heavy atom. The van der Waals surface area contributed by atoms with E-state index in [2.05, 4.69) is 33.4 Å². The molecule has 0 spiro atoms. The number of aromatic nitrogens is 2. The van der Waals surface area contributed by atoms with Gasteiger partial charge in [0.15, 0.2) is 0 Å². The summed E-state index contributed by atoms with van der Waals surface area (Å²) in [6, 6.07) is 6.77. The van der Waals surface area contributed by atoms with E-state index in [9.17, 15) is 8.42 Å². The minimum absolute atomic E-state index is 0.0998.